The van der Waals surface area contributed by atoms with Gasteiger partial charge in [0.15, 0.2) is 0 Å². The minimum Gasteiger partial charge on any atom is -0.478 e. The molecule has 19 heavy (non-hydrogen) atoms. The lowest BCUT2D eigenvalue weighted by Gasteiger charge is -2.31. The fraction of sp³-hybridized carbons (Fsp3) is 0.429. The Morgan fingerprint density at radius 1 is 1.47 bits per heavy atom. The van der Waals surface area contributed by atoms with Crippen LogP contribution in [-0.4, -0.2) is 47.7 Å². The average Bonchev–Trinajstić information content (AvgIpc) is 2.39. The molecule has 1 aromatic rings. The topological polar surface area (TPSA) is 66.8 Å². The van der Waals surface area contributed by atoms with Crippen molar-refractivity contribution in [3.05, 3.63) is 35.4 Å². The Hall–Kier alpha value is -1.88. The Morgan fingerprint density at radius 3 is 2.95 bits per heavy atom. The predicted molar refractivity (Wildman–Crippen MR) is 69.1 cm³/mol. The SMILES string of the molecule is CC1CN(C(=O)Cc2cccc(C(=O)O)c2)CCO1. The minimum absolute atomic E-state index is 0.0117. The number of nitrogens with zero attached hydrogens (tertiary/aromatic N) is 1. The molecule has 1 amide bonds. The molecule has 1 unspecified atom stereocenters. The first-order valence-corrected chi connectivity index (χ1v) is 6.28. The molecule has 5 nitrogen and oxygen atoms in total. The third-order valence-corrected chi connectivity index (χ3v) is 3.12. The van der Waals surface area contributed by atoms with Gasteiger partial charge in [-0.2, -0.15) is 0 Å². The molecule has 102 valence electrons. The van der Waals surface area contributed by atoms with E-state index in [0.717, 1.165) is 5.56 Å². The summed E-state index contributed by atoms with van der Waals surface area (Å²) in [5.41, 5.74) is 0.935. The third-order valence-electron chi connectivity index (χ3n) is 3.12. The lowest BCUT2D eigenvalue weighted by molar-refractivity contribution is -0.137. The molecule has 0 aromatic heterocycles. The van der Waals surface area contributed by atoms with Crippen molar-refractivity contribution in [2.75, 3.05) is 19.7 Å². The molecule has 1 aliphatic heterocycles. The van der Waals surface area contributed by atoms with E-state index >= 15 is 0 Å². The molecular weight excluding hydrogens is 246 g/mol. The van der Waals surface area contributed by atoms with Crippen molar-refractivity contribution in [1.82, 2.24) is 4.90 Å². The first-order chi connectivity index (χ1) is 9.06. The molecule has 0 aliphatic carbocycles. The van der Waals surface area contributed by atoms with E-state index in [1.54, 1.807) is 23.1 Å². The Kier molecular flexibility index (Phi) is 4.16. The quantitative estimate of drug-likeness (QED) is 0.889. The Balaban J connectivity index is 2.02. The minimum atomic E-state index is -0.978. The molecule has 0 bridgehead atoms. The van der Waals surface area contributed by atoms with Crippen LogP contribution in [0.3, 0.4) is 0 Å². The van der Waals surface area contributed by atoms with Crippen LogP contribution in [0.4, 0.5) is 0 Å². The highest BCUT2D eigenvalue weighted by atomic mass is 16.5. The van der Waals surface area contributed by atoms with Gasteiger partial charge in [-0.05, 0) is 24.6 Å². The van der Waals surface area contributed by atoms with E-state index in [1.165, 1.54) is 6.07 Å². The number of ether oxygens (including phenoxy) is 1. The van der Waals surface area contributed by atoms with Crippen LogP contribution in [-0.2, 0) is 16.0 Å². The fourth-order valence-electron chi connectivity index (χ4n) is 2.15. The van der Waals surface area contributed by atoms with Crippen molar-refractivity contribution in [2.45, 2.75) is 19.4 Å². The standard InChI is InChI=1S/C14H17NO4/c1-10-9-15(5-6-19-10)13(16)8-11-3-2-4-12(7-11)14(17)18/h2-4,7,10H,5-6,8-9H2,1H3,(H,17,18). The van der Waals surface area contributed by atoms with Gasteiger partial charge in [0, 0.05) is 13.1 Å². The molecule has 1 atom stereocenters. The second kappa shape index (κ2) is 5.84. The lowest BCUT2D eigenvalue weighted by Crippen LogP contribution is -2.45. The number of rotatable bonds is 3. The number of carbonyl (C=O) groups excluding carboxylic acids is 1. The summed E-state index contributed by atoms with van der Waals surface area (Å²) in [6.07, 6.45) is 0.288. The van der Waals surface area contributed by atoms with Crippen LogP contribution >= 0.6 is 0 Å². The molecule has 1 heterocycles. The fourth-order valence-corrected chi connectivity index (χ4v) is 2.15. The van der Waals surface area contributed by atoms with Crippen LogP contribution in [0.25, 0.3) is 0 Å². The number of hydrogen-bond acceptors (Lipinski definition) is 3. The molecule has 1 saturated heterocycles. The van der Waals surface area contributed by atoms with E-state index in [0.29, 0.717) is 19.7 Å². The van der Waals surface area contributed by atoms with Crippen LogP contribution in [0.15, 0.2) is 24.3 Å². The van der Waals surface area contributed by atoms with Crippen molar-refractivity contribution in [1.29, 1.82) is 0 Å². The van der Waals surface area contributed by atoms with Gasteiger partial charge in [-0.25, -0.2) is 4.79 Å². The molecule has 1 fully saturated rings. The molecule has 1 aromatic carbocycles. The number of aromatic carboxylic acids is 1. The van der Waals surface area contributed by atoms with Crippen molar-refractivity contribution >= 4 is 11.9 Å². The normalized spacial score (nSPS) is 19.2. The summed E-state index contributed by atoms with van der Waals surface area (Å²) in [6, 6.07) is 6.50. The zero-order valence-corrected chi connectivity index (χ0v) is 10.8. The molecule has 5 heteroatoms. The number of amides is 1. The highest BCUT2D eigenvalue weighted by molar-refractivity contribution is 5.88. The van der Waals surface area contributed by atoms with Crippen molar-refractivity contribution in [3.8, 4) is 0 Å². The second-order valence-electron chi connectivity index (χ2n) is 4.70. The number of benzene rings is 1. The maximum absolute atomic E-state index is 12.1. The molecule has 2 rings (SSSR count). The second-order valence-corrected chi connectivity index (χ2v) is 4.70. The number of carbonyl (C=O) groups is 2. The lowest BCUT2D eigenvalue weighted by atomic mass is 10.1. The molecule has 1 N–H and O–H groups in total. The summed E-state index contributed by atoms with van der Waals surface area (Å²) < 4.78 is 5.39. The molecule has 0 saturated carbocycles. The Labute approximate surface area is 111 Å². The van der Waals surface area contributed by atoms with Crippen molar-refractivity contribution in [2.24, 2.45) is 0 Å². The van der Waals surface area contributed by atoms with Crippen LogP contribution in [0.1, 0.15) is 22.8 Å². The smallest absolute Gasteiger partial charge is 0.335 e. The van der Waals surface area contributed by atoms with Gasteiger partial charge < -0.3 is 14.7 Å². The summed E-state index contributed by atoms with van der Waals surface area (Å²) in [7, 11) is 0. The molecule has 0 radical (unpaired) electrons. The van der Waals surface area contributed by atoms with Crippen LogP contribution in [0.5, 0.6) is 0 Å². The van der Waals surface area contributed by atoms with Gasteiger partial charge >= 0.3 is 5.97 Å². The number of hydrogen-bond donors (Lipinski definition) is 1. The average molecular weight is 263 g/mol. The van der Waals surface area contributed by atoms with Crippen molar-refractivity contribution < 1.29 is 19.4 Å². The van der Waals surface area contributed by atoms with Gasteiger partial charge in [0.25, 0.3) is 0 Å². The van der Waals surface area contributed by atoms with E-state index in [2.05, 4.69) is 0 Å². The Bertz CT molecular complexity index is 486. The summed E-state index contributed by atoms with van der Waals surface area (Å²) in [4.78, 5) is 24.8. The summed E-state index contributed by atoms with van der Waals surface area (Å²) >= 11 is 0. The van der Waals surface area contributed by atoms with E-state index < -0.39 is 5.97 Å². The highest BCUT2D eigenvalue weighted by Gasteiger charge is 2.21. The van der Waals surface area contributed by atoms with E-state index in [4.69, 9.17) is 9.84 Å². The van der Waals surface area contributed by atoms with Crippen LogP contribution in [0.2, 0.25) is 0 Å². The Morgan fingerprint density at radius 2 is 2.26 bits per heavy atom. The highest BCUT2D eigenvalue weighted by Crippen LogP contribution is 2.10. The third kappa shape index (κ3) is 3.54. The molecular formula is C14H17NO4. The zero-order chi connectivity index (χ0) is 13.8. The van der Waals surface area contributed by atoms with E-state index in [9.17, 15) is 9.59 Å². The number of morpholine rings is 1. The maximum atomic E-state index is 12.1. The van der Waals surface area contributed by atoms with Gasteiger partial charge in [0.05, 0.1) is 24.7 Å². The number of carboxylic acids is 1. The van der Waals surface area contributed by atoms with Gasteiger partial charge in [-0.1, -0.05) is 12.1 Å². The van der Waals surface area contributed by atoms with Crippen LogP contribution in [0, 0.1) is 0 Å². The maximum Gasteiger partial charge on any atom is 0.335 e. The zero-order valence-electron chi connectivity index (χ0n) is 10.8. The summed E-state index contributed by atoms with van der Waals surface area (Å²) in [5.74, 6) is -0.966. The van der Waals surface area contributed by atoms with E-state index in [1.807, 2.05) is 6.92 Å². The van der Waals surface area contributed by atoms with Gasteiger partial charge in [0.1, 0.15) is 0 Å². The van der Waals surface area contributed by atoms with Crippen molar-refractivity contribution in [3.63, 3.8) is 0 Å². The van der Waals surface area contributed by atoms with Crippen LogP contribution < -0.4 is 0 Å². The first kappa shape index (κ1) is 13.5. The monoisotopic (exact) mass is 263 g/mol. The molecule has 1 aliphatic rings. The van der Waals surface area contributed by atoms with E-state index in [-0.39, 0.29) is 24.0 Å². The predicted octanol–water partition coefficient (Wildman–Crippen LogP) is 1.17. The summed E-state index contributed by atoms with van der Waals surface area (Å²) in [5, 5.41) is 8.91. The first-order valence-electron chi connectivity index (χ1n) is 6.28. The number of carboxylic acid groups (broad SMARTS) is 1. The van der Waals surface area contributed by atoms with Gasteiger partial charge in [0.2, 0.25) is 5.91 Å². The molecule has 0 spiro atoms. The van der Waals surface area contributed by atoms with Gasteiger partial charge in [-0.3, -0.25) is 4.79 Å². The summed E-state index contributed by atoms with van der Waals surface area (Å²) in [6.45, 7) is 3.69. The largest absolute Gasteiger partial charge is 0.478 e. The van der Waals surface area contributed by atoms with Gasteiger partial charge in [-0.15, -0.1) is 0 Å².